The molecule has 2 saturated carbocycles. The molecule has 3 fully saturated rings. The number of nitrogens with zero attached hydrogens (tertiary/aromatic N) is 3. The molecule has 35 heavy (non-hydrogen) atoms. The van der Waals surface area contributed by atoms with E-state index in [0.717, 1.165) is 33.3 Å². The van der Waals surface area contributed by atoms with Gasteiger partial charge >= 0.3 is 0 Å². The minimum atomic E-state index is -2.59. The molecule has 3 aromatic rings. The van der Waals surface area contributed by atoms with E-state index in [9.17, 15) is 13.6 Å². The molecule has 0 atom stereocenters. The summed E-state index contributed by atoms with van der Waals surface area (Å²) in [5.41, 5.74) is 3.05. The predicted octanol–water partition coefficient (Wildman–Crippen LogP) is 7.02. The fraction of sp³-hybridized carbons (Fsp3) is 0.481. The predicted molar refractivity (Wildman–Crippen MR) is 142 cm³/mol. The van der Waals surface area contributed by atoms with Crippen molar-refractivity contribution in [2.45, 2.75) is 63.3 Å². The Hall–Kier alpha value is -2.23. The van der Waals surface area contributed by atoms with Crippen LogP contribution in [0.15, 0.2) is 42.5 Å². The molecule has 1 N–H and O–H groups in total. The number of anilines is 2. The van der Waals surface area contributed by atoms with Crippen LogP contribution in [0.5, 0.6) is 0 Å². The number of piperidine rings is 1. The van der Waals surface area contributed by atoms with Crippen LogP contribution in [0.3, 0.4) is 0 Å². The summed E-state index contributed by atoms with van der Waals surface area (Å²) >= 11 is 2.30. The molecule has 2 heterocycles. The van der Waals surface area contributed by atoms with E-state index in [2.05, 4.69) is 38.9 Å². The van der Waals surface area contributed by atoms with Crippen molar-refractivity contribution in [3.05, 3.63) is 51.6 Å². The van der Waals surface area contributed by atoms with Crippen LogP contribution in [0.25, 0.3) is 10.9 Å². The van der Waals surface area contributed by atoms with Gasteiger partial charge in [0.2, 0.25) is 5.92 Å². The van der Waals surface area contributed by atoms with E-state index < -0.39 is 5.92 Å². The maximum atomic E-state index is 13.7. The van der Waals surface area contributed by atoms with Gasteiger partial charge in [0.05, 0.1) is 22.8 Å². The summed E-state index contributed by atoms with van der Waals surface area (Å²) in [6, 6.07) is 13.6. The van der Waals surface area contributed by atoms with Crippen molar-refractivity contribution in [3.8, 4) is 0 Å². The number of hydrogen-bond donors (Lipinski definition) is 1. The first-order chi connectivity index (χ1) is 16.8. The maximum absolute atomic E-state index is 13.7. The summed E-state index contributed by atoms with van der Waals surface area (Å²) in [4.78, 5) is 15.9. The van der Waals surface area contributed by atoms with Gasteiger partial charge < -0.3 is 10.2 Å². The molecule has 1 aromatic heterocycles. The Morgan fingerprint density at radius 3 is 2.43 bits per heavy atom. The Kier molecular flexibility index (Phi) is 5.77. The Bertz CT molecular complexity index is 1270. The quantitative estimate of drug-likeness (QED) is 0.333. The number of nitrogens with one attached hydrogen (secondary N) is 1. The van der Waals surface area contributed by atoms with Crippen LogP contribution in [-0.2, 0) is 0 Å². The number of carbonyl (C=O) groups excluding carboxylic acids is 1. The molecule has 2 aliphatic carbocycles. The van der Waals surface area contributed by atoms with Gasteiger partial charge in [0, 0.05) is 34.9 Å². The first-order valence-electron chi connectivity index (χ1n) is 12.5. The number of aromatic nitrogens is 2. The SMILES string of the molecule is O=C(Nc1nn(C2CCC(F)(F)CC2)c2ccccc12)c1ccc(I)cc1N1CCC2(CC1)CC2. The summed E-state index contributed by atoms with van der Waals surface area (Å²) in [6.45, 7) is 1.95. The zero-order valence-corrected chi connectivity index (χ0v) is 21.7. The number of halogens is 3. The van der Waals surface area contributed by atoms with E-state index in [0.29, 0.717) is 29.6 Å². The lowest BCUT2D eigenvalue weighted by atomic mass is 9.92. The fourth-order valence-corrected chi connectivity index (χ4v) is 6.24. The molecular formula is C27H29F2IN4O. The first kappa shape index (κ1) is 23.2. The Morgan fingerprint density at radius 2 is 1.71 bits per heavy atom. The second-order valence-corrected chi connectivity index (χ2v) is 11.7. The molecular weight excluding hydrogens is 561 g/mol. The van der Waals surface area contributed by atoms with Crippen LogP contribution in [0, 0.1) is 8.99 Å². The van der Waals surface area contributed by atoms with Crippen LogP contribution < -0.4 is 10.2 Å². The molecule has 0 unspecified atom stereocenters. The smallest absolute Gasteiger partial charge is 0.258 e. The largest absolute Gasteiger partial charge is 0.371 e. The molecule has 0 radical (unpaired) electrons. The van der Waals surface area contributed by atoms with Crippen molar-refractivity contribution in [3.63, 3.8) is 0 Å². The number of para-hydroxylation sites is 1. The first-order valence-corrected chi connectivity index (χ1v) is 13.6. The Labute approximate surface area is 217 Å². The molecule has 2 aromatic carbocycles. The lowest BCUT2D eigenvalue weighted by Gasteiger charge is -2.35. The summed E-state index contributed by atoms with van der Waals surface area (Å²) in [7, 11) is 0. The molecule has 6 rings (SSSR count). The van der Waals surface area contributed by atoms with Crippen LogP contribution in [0.1, 0.15) is 67.8 Å². The molecule has 1 spiro atoms. The average Bonchev–Trinajstić information content (AvgIpc) is 3.51. The third-order valence-corrected chi connectivity index (χ3v) is 8.88. The van der Waals surface area contributed by atoms with Crippen LogP contribution in [-0.4, -0.2) is 34.7 Å². The lowest BCUT2D eigenvalue weighted by molar-refractivity contribution is -0.0445. The van der Waals surface area contributed by atoms with E-state index in [-0.39, 0.29) is 24.8 Å². The highest BCUT2D eigenvalue weighted by Crippen LogP contribution is 2.54. The van der Waals surface area contributed by atoms with Gasteiger partial charge in [-0.15, -0.1) is 0 Å². The molecule has 184 valence electrons. The number of rotatable bonds is 4. The third-order valence-electron chi connectivity index (χ3n) is 8.20. The van der Waals surface area contributed by atoms with Gasteiger partial charge in [-0.05, 0) is 96.9 Å². The average molecular weight is 590 g/mol. The third kappa shape index (κ3) is 4.54. The van der Waals surface area contributed by atoms with E-state index in [4.69, 9.17) is 5.10 Å². The van der Waals surface area contributed by atoms with E-state index in [1.807, 2.05) is 41.1 Å². The fourth-order valence-electron chi connectivity index (χ4n) is 5.76. The maximum Gasteiger partial charge on any atom is 0.258 e. The standard InChI is InChI=1S/C27H29F2IN4O/c28-27(29)9-7-19(8-10-27)34-22-4-2-1-3-20(22)24(32-34)31-25(35)21-6-5-18(30)17-23(21)33-15-13-26(11-12-26)14-16-33/h1-6,17,19H,7-16H2,(H,31,32,35). The highest BCUT2D eigenvalue weighted by atomic mass is 127. The van der Waals surface area contributed by atoms with Crippen LogP contribution in [0.4, 0.5) is 20.3 Å². The van der Waals surface area contributed by atoms with Gasteiger partial charge in [0.25, 0.3) is 5.91 Å². The van der Waals surface area contributed by atoms with Gasteiger partial charge in [-0.1, -0.05) is 12.1 Å². The molecule has 1 amide bonds. The van der Waals surface area contributed by atoms with Gasteiger partial charge in [-0.25, -0.2) is 8.78 Å². The summed E-state index contributed by atoms with van der Waals surface area (Å²) in [5, 5.41) is 8.63. The van der Waals surface area contributed by atoms with E-state index in [1.54, 1.807) is 0 Å². The van der Waals surface area contributed by atoms with E-state index in [1.165, 1.54) is 25.7 Å². The second kappa shape index (κ2) is 8.71. The number of amides is 1. The number of alkyl halides is 2. The van der Waals surface area contributed by atoms with Crippen molar-refractivity contribution in [2.24, 2.45) is 5.41 Å². The Balaban J connectivity index is 1.28. The lowest BCUT2D eigenvalue weighted by Crippen LogP contribution is -2.35. The number of benzene rings is 2. The summed E-state index contributed by atoms with van der Waals surface area (Å²) in [5.74, 6) is -2.29. The highest BCUT2D eigenvalue weighted by molar-refractivity contribution is 14.1. The van der Waals surface area contributed by atoms with Gasteiger partial charge in [0.15, 0.2) is 5.82 Å². The number of carbonyl (C=O) groups is 1. The van der Waals surface area contributed by atoms with Crippen molar-refractivity contribution in [1.29, 1.82) is 0 Å². The molecule has 3 aliphatic rings. The van der Waals surface area contributed by atoms with Gasteiger partial charge in [0.1, 0.15) is 0 Å². The second-order valence-electron chi connectivity index (χ2n) is 10.5. The van der Waals surface area contributed by atoms with Gasteiger partial charge in [-0.3, -0.25) is 9.48 Å². The monoisotopic (exact) mass is 590 g/mol. The van der Waals surface area contributed by atoms with Crippen LogP contribution >= 0.6 is 22.6 Å². The molecule has 1 saturated heterocycles. The zero-order valence-electron chi connectivity index (χ0n) is 19.6. The van der Waals surface area contributed by atoms with Crippen LogP contribution in [0.2, 0.25) is 0 Å². The molecule has 1 aliphatic heterocycles. The van der Waals surface area contributed by atoms with Gasteiger partial charge in [-0.2, -0.15) is 5.10 Å². The minimum absolute atomic E-state index is 0.0952. The van der Waals surface area contributed by atoms with Crippen molar-refractivity contribution < 1.29 is 13.6 Å². The van der Waals surface area contributed by atoms with E-state index >= 15 is 0 Å². The molecule has 5 nitrogen and oxygen atoms in total. The Morgan fingerprint density at radius 1 is 1.00 bits per heavy atom. The van der Waals surface area contributed by atoms with Crippen molar-refractivity contribution in [2.75, 3.05) is 23.3 Å². The highest BCUT2D eigenvalue weighted by Gasteiger charge is 2.44. The molecule has 8 heteroatoms. The number of fused-ring (bicyclic) bond motifs is 1. The van der Waals surface area contributed by atoms with Crippen molar-refractivity contribution >= 4 is 50.9 Å². The van der Waals surface area contributed by atoms with Crippen molar-refractivity contribution in [1.82, 2.24) is 9.78 Å². The zero-order chi connectivity index (χ0) is 24.2. The minimum Gasteiger partial charge on any atom is -0.371 e. The summed E-state index contributed by atoms with van der Waals surface area (Å²) in [6.07, 6.45) is 5.56. The normalized spacial score (nSPS) is 21.4. The number of hydrogen-bond acceptors (Lipinski definition) is 3. The topological polar surface area (TPSA) is 50.2 Å². The summed E-state index contributed by atoms with van der Waals surface area (Å²) < 4.78 is 30.4. The molecule has 0 bridgehead atoms.